The number of carbonyl (C=O) groups excluding carboxylic acids is 1. The molecule has 0 aliphatic rings. The number of furan rings is 1. The van der Waals surface area contributed by atoms with Crippen molar-refractivity contribution in [2.75, 3.05) is 12.8 Å². The highest BCUT2D eigenvalue weighted by Gasteiger charge is 2.10. The maximum Gasteiger partial charge on any atom is 0.232 e. The number of halogens is 2. The minimum Gasteiger partial charge on any atom is -0.468 e. The molecule has 0 unspecified atom stereocenters. The van der Waals surface area contributed by atoms with Gasteiger partial charge in [0.15, 0.2) is 0 Å². The van der Waals surface area contributed by atoms with Gasteiger partial charge < -0.3 is 9.32 Å². The largest absolute Gasteiger partial charge is 0.468 e. The third-order valence-electron chi connectivity index (χ3n) is 2.88. The lowest BCUT2D eigenvalue weighted by molar-refractivity contribution is -0.127. The molecule has 0 saturated carbocycles. The normalized spacial score (nSPS) is 10.6. The van der Waals surface area contributed by atoms with Crippen molar-refractivity contribution >= 4 is 40.9 Å². The van der Waals surface area contributed by atoms with Crippen molar-refractivity contribution in [3.8, 4) is 0 Å². The lowest BCUT2D eigenvalue weighted by Crippen LogP contribution is -2.27. The molecule has 0 radical (unpaired) electrons. The fourth-order valence-electron chi connectivity index (χ4n) is 1.74. The van der Waals surface area contributed by atoms with E-state index in [1.54, 1.807) is 30.3 Å². The predicted molar refractivity (Wildman–Crippen MR) is 87.8 cm³/mol. The van der Waals surface area contributed by atoms with Gasteiger partial charge in [-0.3, -0.25) is 4.79 Å². The van der Waals surface area contributed by atoms with Gasteiger partial charge in [0.1, 0.15) is 5.76 Å². The number of hydrogen-bond donors (Lipinski definition) is 0. The second-order valence-electron chi connectivity index (χ2n) is 4.57. The molecule has 1 aromatic heterocycles. The minimum atomic E-state index is 0.0672. The Bertz CT molecular complexity index is 602. The van der Waals surface area contributed by atoms with E-state index in [0.29, 0.717) is 28.1 Å². The van der Waals surface area contributed by atoms with Gasteiger partial charge in [-0.2, -0.15) is 0 Å². The third kappa shape index (κ3) is 4.99. The van der Waals surface area contributed by atoms with Crippen molar-refractivity contribution in [2.24, 2.45) is 0 Å². The van der Waals surface area contributed by atoms with Crippen LogP contribution in [0.5, 0.6) is 0 Å². The Morgan fingerprint density at radius 1 is 1.29 bits per heavy atom. The van der Waals surface area contributed by atoms with Crippen LogP contribution in [0.15, 0.2) is 41.0 Å². The summed E-state index contributed by atoms with van der Waals surface area (Å²) < 4.78 is 5.22. The molecular formula is C15H15Cl2NO2S. The smallest absolute Gasteiger partial charge is 0.232 e. The van der Waals surface area contributed by atoms with Gasteiger partial charge in [0.25, 0.3) is 0 Å². The standard InChI is InChI=1S/C15H15Cl2NO2S/c1-18(8-11-4-5-13(16)14(17)7-11)15(19)10-21-9-12-3-2-6-20-12/h2-7H,8-10H2,1H3. The van der Waals surface area contributed by atoms with Crippen LogP contribution >= 0.6 is 35.0 Å². The van der Waals surface area contributed by atoms with Crippen molar-refractivity contribution in [1.29, 1.82) is 0 Å². The summed E-state index contributed by atoms with van der Waals surface area (Å²) in [6, 6.07) is 9.13. The Morgan fingerprint density at radius 3 is 2.76 bits per heavy atom. The first kappa shape index (κ1) is 16.3. The second kappa shape index (κ2) is 7.78. The Kier molecular flexibility index (Phi) is 6.03. The van der Waals surface area contributed by atoms with E-state index in [1.807, 2.05) is 18.2 Å². The summed E-state index contributed by atoms with van der Waals surface area (Å²) in [7, 11) is 1.78. The summed E-state index contributed by atoms with van der Waals surface area (Å²) in [4.78, 5) is 13.7. The average molecular weight is 344 g/mol. The first-order chi connectivity index (χ1) is 10.1. The zero-order valence-corrected chi connectivity index (χ0v) is 13.8. The van der Waals surface area contributed by atoms with Crippen LogP contribution in [0.1, 0.15) is 11.3 Å². The molecule has 1 aromatic carbocycles. The molecule has 2 rings (SSSR count). The van der Waals surface area contributed by atoms with Gasteiger partial charge in [-0.1, -0.05) is 29.3 Å². The molecule has 1 amide bonds. The molecule has 0 bridgehead atoms. The van der Waals surface area contributed by atoms with Crippen molar-refractivity contribution in [3.63, 3.8) is 0 Å². The molecule has 0 aliphatic carbocycles. The van der Waals surface area contributed by atoms with Crippen LogP contribution in [-0.2, 0) is 17.1 Å². The molecule has 3 nitrogen and oxygen atoms in total. The van der Waals surface area contributed by atoms with Crippen molar-refractivity contribution in [3.05, 3.63) is 58.0 Å². The molecule has 21 heavy (non-hydrogen) atoms. The Hall–Kier alpha value is -1.10. The number of rotatable bonds is 6. The van der Waals surface area contributed by atoms with Crippen molar-refractivity contribution in [1.82, 2.24) is 4.90 Å². The number of benzene rings is 1. The van der Waals surface area contributed by atoms with Gasteiger partial charge >= 0.3 is 0 Å². The van der Waals surface area contributed by atoms with Crippen LogP contribution in [0.3, 0.4) is 0 Å². The molecule has 6 heteroatoms. The third-order valence-corrected chi connectivity index (χ3v) is 4.56. The van der Waals surface area contributed by atoms with Crippen LogP contribution in [0.2, 0.25) is 10.0 Å². The molecule has 112 valence electrons. The van der Waals surface area contributed by atoms with Crippen LogP contribution in [0.4, 0.5) is 0 Å². The monoisotopic (exact) mass is 343 g/mol. The lowest BCUT2D eigenvalue weighted by Gasteiger charge is -2.17. The van der Waals surface area contributed by atoms with Gasteiger partial charge in [-0.25, -0.2) is 0 Å². The quantitative estimate of drug-likeness (QED) is 0.775. The van der Waals surface area contributed by atoms with E-state index < -0.39 is 0 Å². The molecule has 0 N–H and O–H groups in total. The van der Waals surface area contributed by atoms with E-state index in [9.17, 15) is 4.79 Å². The topological polar surface area (TPSA) is 33.5 Å². The van der Waals surface area contributed by atoms with E-state index >= 15 is 0 Å². The fourth-order valence-corrected chi connectivity index (χ4v) is 2.93. The highest BCUT2D eigenvalue weighted by atomic mass is 35.5. The zero-order chi connectivity index (χ0) is 15.2. The Labute approximate surface area is 138 Å². The summed E-state index contributed by atoms with van der Waals surface area (Å²) in [5, 5.41) is 1.02. The van der Waals surface area contributed by atoms with Gasteiger partial charge in [-0.15, -0.1) is 11.8 Å². The zero-order valence-electron chi connectivity index (χ0n) is 11.5. The van der Waals surface area contributed by atoms with Crippen LogP contribution in [-0.4, -0.2) is 23.6 Å². The molecule has 0 fully saturated rings. The molecule has 1 heterocycles. The van der Waals surface area contributed by atoms with E-state index in [2.05, 4.69) is 0 Å². The SMILES string of the molecule is CN(Cc1ccc(Cl)c(Cl)c1)C(=O)CSCc1ccco1. The Morgan fingerprint density at radius 2 is 2.10 bits per heavy atom. The van der Waals surface area contributed by atoms with E-state index in [1.165, 1.54) is 11.8 Å². The lowest BCUT2D eigenvalue weighted by atomic mass is 10.2. The number of nitrogens with zero attached hydrogens (tertiary/aromatic N) is 1. The summed E-state index contributed by atoms with van der Waals surface area (Å²) in [5.74, 6) is 2.05. The van der Waals surface area contributed by atoms with Crippen LogP contribution in [0.25, 0.3) is 0 Å². The maximum atomic E-state index is 12.0. The first-order valence-corrected chi connectivity index (χ1v) is 8.25. The maximum absolute atomic E-state index is 12.0. The second-order valence-corrected chi connectivity index (χ2v) is 6.37. The molecule has 2 aromatic rings. The highest BCUT2D eigenvalue weighted by Crippen LogP contribution is 2.23. The first-order valence-electron chi connectivity index (χ1n) is 6.34. The number of carbonyl (C=O) groups is 1. The van der Waals surface area contributed by atoms with Crippen molar-refractivity contribution < 1.29 is 9.21 Å². The van der Waals surface area contributed by atoms with Gasteiger partial charge in [-0.05, 0) is 29.8 Å². The number of hydrogen-bond acceptors (Lipinski definition) is 3. The van der Waals surface area contributed by atoms with Crippen LogP contribution < -0.4 is 0 Å². The van der Waals surface area contributed by atoms with E-state index in [4.69, 9.17) is 27.6 Å². The summed E-state index contributed by atoms with van der Waals surface area (Å²) in [6.07, 6.45) is 1.63. The number of thioether (sulfide) groups is 1. The molecule has 0 aliphatic heterocycles. The summed E-state index contributed by atoms with van der Waals surface area (Å²) in [6.45, 7) is 0.511. The highest BCUT2D eigenvalue weighted by molar-refractivity contribution is 7.99. The van der Waals surface area contributed by atoms with Gasteiger partial charge in [0, 0.05) is 13.6 Å². The Balaban J connectivity index is 1.80. The fraction of sp³-hybridized carbons (Fsp3) is 0.267. The summed E-state index contributed by atoms with van der Waals surface area (Å²) >= 11 is 13.4. The van der Waals surface area contributed by atoms with Crippen LogP contribution in [0, 0.1) is 0 Å². The number of amides is 1. The molecule has 0 atom stereocenters. The summed E-state index contributed by atoms with van der Waals surface area (Å²) in [5.41, 5.74) is 0.955. The molecule has 0 spiro atoms. The minimum absolute atomic E-state index is 0.0672. The molecular weight excluding hydrogens is 329 g/mol. The predicted octanol–water partition coefficient (Wildman–Crippen LogP) is 4.48. The van der Waals surface area contributed by atoms with Crippen molar-refractivity contribution in [2.45, 2.75) is 12.3 Å². The molecule has 0 saturated heterocycles. The average Bonchev–Trinajstić information content (AvgIpc) is 2.96. The van der Waals surface area contributed by atoms with Gasteiger partial charge in [0.05, 0.1) is 27.8 Å². The van der Waals surface area contributed by atoms with E-state index in [0.717, 1.165) is 11.3 Å². The van der Waals surface area contributed by atoms with E-state index in [-0.39, 0.29) is 5.91 Å². The van der Waals surface area contributed by atoms with Gasteiger partial charge in [0.2, 0.25) is 5.91 Å².